The third-order valence-electron chi connectivity index (χ3n) is 4.45. The van der Waals surface area contributed by atoms with Crippen LogP contribution < -0.4 is 4.74 Å². The second-order valence-corrected chi connectivity index (χ2v) is 9.42. The smallest absolute Gasteiger partial charge is 0.307 e. The van der Waals surface area contributed by atoms with Gasteiger partial charge in [-0.05, 0) is 42.3 Å². The van der Waals surface area contributed by atoms with Crippen LogP contribution in [0, 0.1) is 0 Å². The molecular weight excluding hydrogens is 489 g/mol. The normalized spacial score (nSPS) is 14.8. The highest BCUT2D eigenvalue weighted by atomic mass is 35.5. The number of carbonyl (C=O) groups is 2. The molecule has 0 N–H and O–H groups in total. The molecule has 1 saturated heterocycles. The highest BCUT2D eigenvalue weighted by Crippen LogP contribution is 2.33. The summed E-state index contributed by atoms with van der Waals surface area (Å²) < 4.78 is 11.3. The molecule has 0 atom stereocenters. The first-order valence-corrected chi connectivity index (χ1v) is 11.9. The van der Waals surface area contributed by atoms with Crippen LogP contribution >= 0.6 is 47.2 Å². The molecule has 0 unspecified atom stereocenters. The molecule has 1 amide bonds. The van der Waals surface area contributed by atoms with Crippen LogP contribution in [0.15, 0.2) is 47.4 Å². The van der Waals surface area contributed by atoms with Gasteiger partial charge in [0.05, 0.1) is 17.9 Å². The van der Waals surface area contributed by atoms with E-state index in [0.29, 0.717) is 31.6 Å². The van der Waals surface area contributed by atoms with Gasteiger partial charge in [-0.15, -0.1) is 0 Å². The number of nitrogens with zero attached hydrogens (tertiary/aromatic N) is 1. The summed E-state index contributed by atoms with van der Waals surface area (Å²) >= 11 is 18.7. The molecule has 0 bridgehead atoms. The van der Waals surface area contributed by atoms with E-state index >= 15 is 0 Å². The zero-order valence-electron chi connectivity index (χ0n) is 17.3. The number of ether oxygens (including phenoxy) is 2. The van der Waals surface area contributed by atoms with Gasteiger partial charge < -0.3 is 9.47 Å². The number of benzene rings is 2. The molecule has 9 heteroatoms. The van der Waals surface area contributed by atoms with Crippen molar-refractivity contribution in [1.29, 1.82) is 0 Å². The third-order valence-corrected chi connectivity index (χ3v) is 6.41. The molecule has 1 aliphatic heterocycles. The Balaban J connectivity index is 1.63. The summed E-state index contributed by atoms with van der Waals surface area (Å²) in [6.07, 6.45) is 2.62. The van der Waals surface area contributed by atoms with Crippen molar-refractivity contribution >= 4 is 69.5 Å². The third kappa shape index (κ3) is 6.72. The Morgan fingerprint density at radius 2 is 2.03 bits per heavy atom. The number of hydrogen-bond acceptors (Lipinski definition) is 6. The van der Waals surface area contributed by atoms with E-state index in [1.165, 1.54) is 16.7 Å². The second-order valence-electron chi connectivity index (χ2n) is 6.90. The molecule has 0 spiro atoms. The average Bonchev–Trinajstić information content (AvgIpc) is 3.02. The second kappa shape index (κ2) is 11.7. The van der Waals surface area contributed by atoms with Crippen LogP contribution in [-0.2, 0) is 20.9 Å². The SMILES string of the molecule is CCCOC(=O)CCN1C(=O)/C(=C\c2cccc(OCc3ccc(Cl)cc3Cl)c2)SC1=S. The molecule has 1 fully saturated rings. The highest BCUT2D eigenvalue weighted by Gasteiger charge is 2.32. The van der Waals surface area contributed by atoms with Gasteiger partial charge in [0.15, 0.2) is 0 Å². The van der Waals surface area contributed by atoms with Crippen LogP contribution in [0.1, 0.15) is 30.9 Å². The first-order valence-electron chi connectivity index (χ1n) is 9.95. The van der Waals surface area contributed by atoms with Crippen molar-refractivity contribution in [3.8, 4) is 5.75 Å². The van der Waals surface area contributed by atoms with Crippen molar-refractivity contribution in [3.63, 3.8) is 0 Å². The van der Waals surface area contributed by atoms with Crippen molar-refractivity contribution < 1.29 is 19.1 Å². The van der Waals surface area contributed by atoms with Crippen molar-refractivity contribution in [1.82, 2.24) is 4.90 Å². The maximum atomic E-state index is 12.7. The Morgan fingerprint density at radius 1 is 1.22 bits per heavy atom. The lowest BCUT2D eigenvalue weighted by Gasteiger charge is -2.13. The Kier molecular flexibility index (Phi) is 8.99. The van der Waals surface area contributed by atoms with Crippen LogP contribution in [0.5, 0.6) is 5.75 Å². The molecule has 2 aromatic carbocycles. The van der Waals surface area contributed by atoms with Crippen LogP contribution in [-0.4, -0.2) is 34.2 Å². The minimum atomic E-state index is -0.337. The molecule has 3 rings (SSSR count). The van der Waals surface area contributed by atoms with Gasteiger partial charge in [-0.2, -0.15) is 0 Å². The number of halogens is 2. The van der Waals surface area contributed by atoms with E-state index in [9.17, 15) is 9.59 Å². The lowest BCUT2D eigenvalue weighted by Crippen LogP contribution is -2.30. The van der Waals surface area contributed by atoms with E-state index in [2.05, 4.69) is 0 Å². The monoisotopic (exact) mass is 509 g/mol. The van der Waals surface area contributed by atoms with Gasteiger partial charge in [0.1, 0.15) is 16.7 Å². The molecule has 2 aromatic rings. The van der Waals surface area contributed by atoms with Crippen LogP contribution in [0.4, 0.5) is 0 Å². The quantitative estimate of drug-likeness (QED) is 0.230. The molecule has 32 heavy (non-hydrogen) atoms. The van der Waals surface area contributed by atoms with Gasteiger partial charge in [-0.1, -0.05) is 72.3 Å². The fraction of sp³-hybridized carbons (Fsp3) is 0.261. The Bertz CT molecular complexity index is 1060. The molecule has 0 saturated carbocycles. The van der Waals surface area contributed by atoms with Gasteiger partial charge in [0.25, 0.3) is 5.91 Å². The van der Waals surface area contributed by atoms with E-state index in [-0.39, 0.29) is 31.4 Å². The van der Waals surface area contributed by atoms with Crippen LogP contribution in [0.3, 0.4) is 0 Å². The summed E-state index contributed by atoms with van der Waals surface area (Å²) in [5.41, 5.74) is 1.62. The molecule has 0 aliphatic carbocycles. The van der Waals surface area contributed by atoms with Gasteiger partial charge in [-0.3, -0.25) is 14.5 Å². The van der Waals surface area contributed by atoms with E-state index in [0.717, 1.165) is 17.5 Å². The van der Waals surface area contributed by atoms with Crippen molar-refractivity contribution in [3.05, 3.63) is 68.5 Å². The summed E-state index contributed by atoms with van der Waals surface area (Å²) in [7, 11) is 0. The summed E-state index contributed by atoms with van der Waals surface area (Å²) in [6, 6.07) is 12.6. The van der Waals surface area contributed by atoms with E-state index in [1.54, 1.807) is 18.2 Å². The zero-order valence-corrected chi connectivity index (χ0v) is 20.5. The summed E-state index contributed by atoms with van der Waals surface area (Å²) in [6.45, 7) is 2.79. The fourth-order valence-electron chi connectivity index (χ4n) is 2.83. The number of amides is 1. The predicted molar refractivity (Wildman–Crippen MR) is 133 cm³/mol. The topological polar surface area (TPSA) is 55.8 Å². The first kappa shape index (κ1) is 24.6. The number of rotatable bonds is 9. The Labute approximate surface area is 206 Å². The number of carbonyl (C=O) groups excluding carboxylic acids is 2. The molecular formula is C23H21Cl2NO4S2. The summed E-state index contributed by atoms with van der Waals surface area (Å²) in [5, 5.41) is 1.10. The lowest BCUT2D eigenvalue weighted by molar-refractivity contribution is -0.143. The summed E-state index contributed by atoms with van der Waals surface area (Å²) in [5.74, 6) is 0.0806. The number of esters is 1. The van der Waals surface area contributed by atoms with Crippen molar-refractivity contribution in [2.75, 3.05) is 13.2 Å². The standard InChI is InChI=1S/C23H21Cl2NO4S2/c1-2-10-29-21(27)8-9-26-22(28)20(32-23(26)31)12-15-4-3-5-18(11-15)30-14-16-6-7-17(24)13-19(16)25/h3-7,11-13H,2,8-10,14H2,1H3/b20-12+. The Hall–Kier alpha value is -2.06. The van der Waals surface area contributed by atoms with Gasteiger partial charge in [-0.25, -0.2) is 0 Å². The van der Waals surface area contributed by atoms with Gasteiger partial charge in [0, 0.05) is 22.2 Å². The number of thioether (sulfide) groups is 1. The van der Waals surface area contributed by atoms with Crippen molar-refractivity contribution in [2.45, 2.75) is 26.4 Å². The van der Waals surface area contributed by atoms with Crippen LogP contribution in [0.25, 0.3) is 6.08 Å². The lowest BCUT2D eigenvalue weighted by atomic mass is 10.2. The molecule has 1 aliphatic rings. The van der Waals surface area contributed by atoms with Gasteiger partial charge >= 0.3 is 5.97 Å². The first-order chi connectivity index (χ1) is 15.4. The maximum Gasteiger partial charge on any atom is 0.307 e. The van der Waals surface area contributed by atoms with E-state index in [1.807, 2.05) is 37.3 Å². The number of hydrogen-bond donors (Lipinski definition) is 0. The molecule has 1 heterocycles. The maximum absolute atomic E-state index is 12.7. The average molecular weight is 510 g/mol. The molecule has 5 nitrogen and oxygen atoms in total. The summed E-state index contributed by atoms with van der Waals surface area (Å²) in [4.78, 5) is 26.4. The number of thiocarbonyl (C=S) groups is 1. The predicted octanol–water partition coefficient (Wildman–Crippen LogP) is 6.12. The highest BCUT2D eigenvalue weighted by molar-refractivity contribution is 8.26. The minimum Gasteiger partial charge on any atom is -0.489 e. The minimum absolute atomic E-state index is 0.107. The molecule has 168 valence electrons. The van der Waals surface area contributed by atoms with Gasteiger partial charge in [0.2, 0.25) is 0 Å². The van der Waals surface area contributed by atoms with E-state index < -0.39 is 0 Å². The van der Waals surface area contributed by atoms with Crippen molar-refractivity contribution in [2.24, 2.45) is 0 Å². The Morgan fingerprint density at radius 3 is 2.78 bits per heavy atom. The fourth-order valence-corrected chi connectivity index (χ4v) is 4.60. The largest absolute Gasteiger partial charge is 0.489 e. The van der Waals surface area contributed by atoms with E-state index in [4.69, 9.17) is 44.9 Å². The molecule has 0 aromatic heterocycles. The zero-order chi connectivity index (χ0) is 23.1. The molecule has 0 radical (unpaired) electrons. The van der Waals surface area contributed by atoms with Crippen LogP contribution in [0.2, 0.25) is 10.0 Å².